The Hall–Kier alpha value is -3.55. The molecule has 0 bridgehead atoms. The lowest BCUT2D eigenvalue weighted by atomic mass is 9.93. The Bertz CT molecular complexity index is 1520. The van der Waals surface area contributed by atoms with Crippen LogP contribution in [0.15, 0.2) is 47.4 Å². The van der Waals surface area contributed by atoms with Crippen LogP contribution < -0.4 is 15.6 Å². The van der Waals surface area contributed by atoms with E-state index in [9.17, 15) is 14.7 Å². The molecule has 8 heteroatoms. The summed E-state index contributed by atoms with van der Waals surface area (Å²) in [7, 11) is 1.66. The Morgan fingerprint density at radius 2 is 1.81 bits per heavy atom. The number of benzene rings is 2. The summed E-state index contributed by atoms with van der Waals surface area (Å²) in [6.07, 6.45) is 1.72. The number of amides is 1. The number of aromatic amines is 1. The number of nitrogens with one attached hydrogen (secondary N) is 2. The number of rotatable bonds is 6. The second kappa shape index (κ2) is 9.48. The highest BCUT2D eigenvalue weighted by Gasteiger charge is 2.23. The number of aromatic nitrogens is 2. The number of hydrogen-bond acceptors (Lipinski definition) is 4. The summed E-state index contributed by atoms with van der Waals surface area (Å²) < 4.78 is 7.91. The van der Waals surface area contributed by atoms with Crippen molar-refractivity contribution < 1.29 is 14.6 Å². The lowest BCUT2D eigenvalue weighted by molar-refractivity contribution is 0.0786. The minimum absolute atomic E-state index is 0.255. The summed E-state index contributed by atoms with van der Waals surface area (Å²) in [6, 6.07) is 10.8. The van der Waals surface area contributed by atoms with Gasteiger partial charge in [-0.2, -0.15) is 0 Å². The third-order valence-corrected chi connectivity index (χ3v) is 6.38. The molecule has 0 aliphatic heterocycles. The lowest BCUT2D eigenvalue weighted by Gasteiger charge is -2.22. The van der Waals surface area contributed by atoms with E-state index >= 15 is 0 Å². The first-order valence-electron chi connectivity index (χ1n) is 11.7. The van der Waals surface area contributed by atoms with Gasteiger partial charge >= 0.3 is 0 Å². The number of nitrogens with zero attached hydrogens (tertiary/aromatic N) is 1. The van der Waals surface area contributed by atoms with Crippen molar-refractivity contribution in [3.8, 4) is 22.6 Å². The predicted molar refractivity (Wildman–Crippen MR) is 143 cm³/mol. The highest BCUT2D eigenvalue weighted by molar-refractivity contribution is 6.30. The van der Waals surface area contributed by atoms with Gasteiger partial charge in [0, 0.05) is 41.3 Å². The van der Waals surface area contributed by atoms with Crippen LogP contribution in [-0.2, 0) is 12.6 Å². The second-order valence-electron chi connectivity index (χ2n) is 9.53. The number of carbonyl (C=O) groups excluding carboxylic acids is 1. The molecule has 2 aromatic carbocycles. The molecule has 4 rings (SSSR count). The second-order valence-corrected chi connectivity index (χ2v) is 9.97. The highest BCUT2D eigenvalue weighted by atomic mass is 35.5. The molecule has 7 nitrogen and oxygen atoms in total. The maximum Gasteiger partial charge on any atom is 0.274 e. The Morgan fingerprint density at radius 3 is 2.42 bits per heavy atom. The van der Waals surface area contributed by atoms with Crippen molar-refractivity contribution in [3.05, 3.63) is 80.4 Å². The molecule has 1 amide bonds. The van der Waals surface area contributed by atoms with Crippen molar-refractivity contribution in [2.75, 3.05) is 6.54 Å². The summed E-state index contributed by atoms with van der Waals surface area (Å²) in [5, 5.41) is 14.7. The van der Waals surface area contributed by atoms with Gasteiger partial charge in [0.1, 0.15) is 22.7 Å². The topological polar surface area (TPSA) is 96.3 Å². The van der Waals surface area contributed by atoms with Crippen LogP contribution in [0.1, 0.15) is 48.0 Å². The van der Waals surface area contributed by atoms with Crippen molar-refractivity contribution in [1.82, 2.24) is 14.9 Å². The molecule has 0 atom stereocenters. The molecule has 0 fully saturated rings. The Kier molecular flexibility index (Phi) is 6.73. The molecule has 0 saturated carbocycles. The summed E-state index contributed by atoms with van der Waals surface area (Å²) in [5.41, 5.74) is 3.03. The van der Waals surface area contributed by atoms with Gasteiger partial charge in [0.05, 0.1) is 5.60 Å². The van der Waals surface area contributed by atoms with Crippen molar-refractivity contribution in [3.63, 3.8) is 0 Å². The monoisotopic (exact) mass is 507 g/mol. The number of ether oxygens (including phenoxy) is 1. The third kappa shape index (κ3) is 4.76. The maximum absolute atomic E-state index is 12.9. The van der Waals surface area contributed by atoms with Crippen molar-refractivity contribution in [2.24, 2.45) is 7.05 Å². The van der Waals surface area contributed by atoms with Crippen molar-refractivity contribution in [1.29, 1.82) is 0 Å². The molecule has 36 heavy (non-hydrogen) atoms. The zero-order valence-corrected chi connectivity index (χ0v) is 22.0. The van der Waals surface area contributed by atoms with E-state index in [4.69, 9.17) is 16.3 Å². The van der Waals surface area contributed by atoms with E-state index in [1.54, 1.807) is 33.2 Å². The van der Waals surface area contributed by atoms with Crippen LogP contribution in [-0.4, -0.2) is 27.1 Å². The van der Waals surface area contributed by atoms with Gasteiger partial charge in [-0.15, -0.1) is 0 Å². The minimum Gasteiger partial charge on any atom is -0.456 e. The first-order chi connectivity index (χ1) is 16.9. The number of hydrogen-bond donors (Lipinski definition) is 3. The Labute approximate surface area is 214 Å². The standard InChI is InChI=1S/C28H30ClN3O4/c1-7-30-26(33)22-13-20-21(14-32(6)27(34)24(20)31-22)19-12-17(28(4,5)35)8-9-23(19)36-25-15(2)10-18(29)11-16(25)3/h8-14,31,35H,7H2,1-6H3,(H,30,33). The summed E-state index contributed by atoms with van der Waals surface area (Å²) in [6.45, 7) is 9.56. The molecule has 0 aliphatic rings. The van der Waals surface area contributed by atoms with E-state index in [1.807, 2.05) is 51.1 Å². The zero-order valence-electron chi connectivity index (χ0n) is 21.2. The normalized spacial score (nSPS) is 11.7. The van der Waals surface area contributed by atoms with Gasteiger partial charge in [0.25, 0.3) is 11.5 Å². The van der Waals surface area contributed by atoms with Crippen LogP contribution in [0.25, 0.3) is 22.0 Å². The maximum atomic E-state index is 12.9. The van der Waals surface area contributed by atoms with E-state index in [0.717, 1.165) is 11.1 Å². The van der Waals surface area contributed by atoms with E-state index < -0.39 is 5.60 Å². The third-order valence-electron chi connectivity index (χ3n) is 6.16. The van der Waals surface area contributed by atoms with Crippen LogP contribution in [0, 0.1) is 13.8 Å². The first-order valence-corrected chi connectivity index (χ1v) is 12.1. The fraction of sp³-hybridized carbons (Fsp3) is 0.286. The molecule has 0 spiro atoms. The molecule has 0 unspecified atom stereocenters. The fourth-order valence-corrected chi connectivity index (χ4v) is 4.63. The first kappa shape index (κ1) is 25.5. The number of pyridine rings is 1. The zero-order chi connectivity index (χ0) is 26.4. The molecule has 4 aromatic rings. The van der Waals surface area contributed by atoms with E-state index in [2.05, 4.69) is 10.3 Å². The number of carbonyl (C=O) groups is 1. The Balaban J connectivity index is 2.00. The molecule has 3 N–H and O–H groups in total. The molecular weight excluding hydrogens is 478 g/mol. The largest absolute Gasteiger partial charge is 0.456 e. The number of fused-ring (bicyclic) bond motifs is 1. The molecule has 2 aromatic heterocycles. The number of halogens is 1. The average molecular weight is 508 g/mol. The molecule has 188 valence electrons. The van der Waals surface area contributed by atoms with E-state index in [0.29, 0.717) is 56.4 Å². The van der Waals surface area contributed by atoms with E-state index in [1.165, 1.54) is 4.57 Å². The number of H-pyrrole nitrogens is 1. The summed E-state index contributed by atoms with van der Waals surface area (Å²) in [5.74, 6) is 0.919. The predicted octanol–water partition coefficient (Wildman–Crippen LogP) is 5.57. The van der Waals surface area contributed by atoms with Crippen LogP contribution in [0.5, 0.6) is 11.5 Å². The van der Waals surface area contributed by atoms with Gasteiger partial charge in [-0.3, -0.25) is 9.59 Å². The van der Waals surface area contributed by atoms with Gasteiger partial charge in [-0.05, 0) is 81.6 Å². The summed E-state index contributed by atoms with van der Waals surface area (Å²) >= 11 is 6.22. The summed E-state index contributed by atoms with van der Waals surface area (Å²) in [4.78, 5) is 28.5. The van der Waals surface area contributed by atoms with Gasteiger partial charge in [0.15, 0.2) is 0 Å². The molecule has 2 heterocycles. The van der Waals surface area contributed by atoms with Crippen LogP contribution in [0.4, 0.5) is 0 Å². The quantitative estimate of drug-likeness (QED) is 0.317. The van der Waals surface area contributed by atoms with Gasteiger partial charge in [0.2, 0.25) is 0 Å². The molecule has 0 aliphatic carbocycles. The minimum atomic E-state index is -1.11. The van der Waals surface area contributed by atoms with Crippen molar-refractivity contribution in [2.45, 2.75) is 40.2 Å². The number of aryl methyl sites for hydroxylation is 3. The SMILES string of the molecule is CCNC(=O)c1cc2c(-c3cc(C(C)(C)O)ccc3Oc3c(C)cc(Cl)cc3C)cn(C)c(=O)c2[nH]1. The molecule has 0 radical (unpaired) electrons. The number of aliphatic hydroxyl groups is 1. The smallest absolute Gasteiger partial charge is 0.274 e. The van der Waals surface area contributed by atoms with Gasteiger partial charge in [-0.25, -0.2) is 0 Å². The molecule has 0 saturated heterocycles. The van der Waals surface area contributed by atoms with Crippen LogP contribution in [0.3, 0.4) is 0 Å². The van der Waals surface area contributed by atoms with Crippen LogP contribution >= 0.6 is 11.6 Å². The van der Waals surface area contributed by atoms with Crippen molar-refractivity contribution >= 4 is 28.4 Å². The average Bonchev–Trinajstić information content (AvgIpc) is 3.24. The Morgan fingerprint density at radius 1 is 1.14 bits per heavy atom. The lowest BCUT2D eigenvalue weighted by Crippen LogP contribution is -2.23. The van der Waals surface area contributed by atoms with Crippen LogP contribution in [0.2, 0.25) is 5.02 Å². The highest BCUT2D eigenvalue weighted by Crippen LogP contribution is 2.41. The fourth-order valence-electron chi connectivity index (χ4n) is 4.30. The van der Waals surface area contributed by atoms with Gasteiger partial charge < -0.3 is 24.7 Å². The molecular formula is C28H30ClN3O4. The van der Waals surface area contributed by atoms with Gasteiger partial charge in [-0.1, -0.05) is 17.7 Å². The van der Waals surface area contributed by atoms with E-state index in [-0.39, 0.29) is 11.5 Å².